The highest BCUT2D eigenvalue weighted by atomic mass is 16.5. The molecular formula is C22H29N3O3. The number of hydrogen-bond acceptors (Lipinski definition) is 3. The summed E-state index contributed by atoms with van der Waals surface area (Å²) in [5, 5.41) is 8.35. The van der Waals surface area contributed by atoms with Crippen LogP contribution in [0.2, 0.25) is 0 Å². The highest BCUT2D eigenvalue weighted by molar-refractivity contribution is 5.95. The van der Waals surface area contributed by atoms with E-state index in [0.29, 0.717) is 31.0 Å². The number of anilines is 1. The van der Waals surface area contributed by atoms with E-state index in [1.165, 1.54) is 5.56 Å². The summed E-state index contributed by atoms with van der Waals surface area (Å²) in [4.78, 5) is 23.8. The molecule has 150 valence electrons. The molecule has 0 saturated carbocycles. The quantitative estimate of drug-likeness (QED) is 0.549. The largest absolute Gasteiger partial charge is 0.381 e. The van der Waals surface area contributed by atoms with Crippen LogP contribution in [0.4, 0.5) is 10.5 Å². The molecule has 0 saturated heterocycles. The van der Waals surface area contributed by atoms with Gasteiger partial charge in [-0.2, -0.15) is 0 Å². The van der Waals surface area contributed by atoms with Crippen molar-refractivity contribution in [1.29, 1.82) is 0 Å². The zero-order valence-corrected chi connectivity index (χ0v) is 16.5. The standard InChI is InChI=1S/C22H29N3O3/c1-17(2)24-22(27)25-20-11-9-19(10-12-20)21(26)23-14-6-15-28-16-13-18-7-4-3-5-8-18/h3-5,7-12,17H,6,13-16H2,1-2H3,(H,23,26)(H2,24,25,27). The third-order valence-electron chi connectivity index (χ3n) is 3.95. The van der Waals surface area contributed by atoms with Gasteiger partial charge in [-0.25, -0.2) is 4.79 Å². The number of hydrogen-bond donors (Lipinski definition) is 3. The van der Waals surface area contributed by atoms with Crippen molar-refractivity contribution in [3.05, 3.63) is 65.7 Å². The fourth-order valence-electron chi connectivity index (χ4n) is 2.55. The van der Waals surface area contributed by atoms with Crippen LogP contribution < -0.4 is 16.0 Å². The molecular weight excluding hydrogens is 354 g/mol. The summed E-state index contributed by atoms with van der Waals surface area (Å²) in [6, 6.07) is 16.8. The second-order valence-corrected chi connectivity index (χ2v) is 6.79. The maximum Gasteiger partial charge on any atom is 0.319 e. The van der Waals surface area contributed by atoms with Gasteiger partial charge in [-0.3, -0.25) is 4.79 Å². The van der Waals surface area contributed by atoms with Crippen molar-refractivity contribution in [2.24, 2.45) is 0 Å². The van der Waals surface area contributed by atoms with Crippen LogP contribution in [-0.4, -0.2) is 37.7 Å². The van der Waals surface area contributed by atoms with Gasteiger partial charge in [0.2, 0.25) is 0 Å². The zero-order valence-electron chi connectivity index (χ0n) is 16.5. The van der Waals surface area contributed by atoms with Gasteiger partial charge in [0.15, 0.2) is 0 Å². The summed E-state index contributed by atoms with van der Waals surface area (Å²) in [5.74, 6) is -0.137. The lowest BCUT2D eigenvalue weighted by atomic mass is 10.2. The van der Waals surface area contributed by atoms with Gasteiger partial charge >= 0.3 is 6.03 Å². The van der Waals surface area contributed by atoms with Crippen LogP contribution in [-0.2, 0) is 11.2 Å². The Morgan fingerprint density at radius 1 is 0.964 bits per heavy atom. The highest BCUT2D eigenvalue weighted by Crippen LogP contribution is 2.09. The average Bonchev–Trinajstić information content (AvgIpc) is 2.67. The summed E-state index contributed by atoms with van der Waals surface area (Å²) < 4.78 is 5.61. The molecule has 0 aliphatic rings. The predicted molar refractivity (Wildman–Crippen MR) is 112 cm³/mol. The molecule has 0 heterocycles. The first-order valence-electron chi connectivity index (χ1n) is 9.62. The maximum absolute atomic E-state index is 12.1. The van der Waals surface area contributed by atoms with Crippen LogP contribution in [0.5, 0.6) is 0 Å². The van der Waals surface area contributed by atoms with Crippen LogP contribution >= 0.6 is 0 Å². The van der Waals surface area contributed by atoms with E-state index in [1.807, 2.05) is 32.0 Å². The predicted octanol–water partition coefficient (Wildman–Crippen LogP) is 3.60. The van der Waals surface area contributed by atoms with Crippen molar-refractivity contribution in [2.45, 2.75) is 32.7 Å². The van der Waals surface area contributed by atoms with E-state index in [2.05, 4.69) is 28.1 Å². The van der Waals surface area contributed by atoms with Crippen molar-refractivity contribution in [1.82, 2.24) is 10.6 Å². The summed E-state index contributed by atoms with van der Waals surface area (Å²) in [5.41, 5.74) is 2.46. The fraction of sp³-hybridized carbons (Fsp3) is 0.364. The maximum atomic E-state index is 12.1. The molecule has 6 heteroatoms. The number of nitrogens with one attached hydrogen (secondary N) is 3. The molecule has 0 radical (unpaired) electrons. The van der Waals surface area contributed by atoms with Gasteiger partial charge in [0, 0.05) is 30.4 Å². The number of urea groups is 1. The Hall–Kier alpha value is -2.86. The minimum atomic E-state index is -0.264. The lowest BCUT2D eigenvalue weighted by molar-refractivity contribution is 0.0942. The normalized spacial score (nSPS) is 10.5. The van der Waals surface area contributed by atoms with Crippen molar-refractivity contribution in [2.75, 3.05) is 25.1 Å². The van der Waals surface area contributed by atoms with Crippen LogP contribution in [0.15, 0.2) is 54.6 Å². The Morgan fingerprint density at radius 3 is 2.36 bits per heavy atom. The average molecular weight is 383 g/mol. The van der Waals surface area contributed by atoms with E-state index in [-0.39, 0.29) is 18.0 Å². The van der Waals surface area contributed by atoms with E-state index in [4.69, 9.17) is 4.74 Å². The number of amides is 3. The topological polar surface area (TPSA) is 79.5 Å². The second kappa shape index (κ2) is 11.8. The second-order valence-electron chi connectivity index (χ2n) is 6.79. The first-order chi connectivity index (χ1) is 13.5. The minimum absolute atomic E-state index is 0.0624. The van der Waals surface area contributed by atoms with Crippen LogP contribution in [0, 0.1) is 0 Å². The van der Waals surface area contributed by atoms with Gasteiger partial charge in [0.05, 0.1) is 6.61 Å². The molecule has 3 amide bonds. The molecule has 0 fully saturated rings. The minimum Gasteiger partial charge on any atom is -0.381 e. The van der Waals surface area contributed by atoms with Gasteiger partial charge in [-0.15, -0.1) is 0 Å². The molecule has 0 aromatic heterocycles. The first-order valence-corrected chi connectivity index (χ1v) is 9.62. The van der Waals surface area contributed by atoms with E-state index in [9.17, 15) is 9.59 Å². The molecule has 6 nitrogen and oxygen atoms in total. The molecule has 28 heavy (non-hydrogen) atoms. The lowest BCUT2D eigenvalue weighted by Crippen LogP contribution is -2.34. The SMILES string of the molecule is CC(C)NC(=O)Nc1ccc(C(=O)NCCCOCCc2ccccc2)cc1. The molecule has 0 bridgehead atoms. The molecule has 0 spiro atoms. The monoisotopic (exact) mass is 383 g/mol. The molecule has 2 rings (SSSR count). The van der Waals surface area contributed by atoms with Crippen LogP contribution in [0.25, 0.3) is 0 Å². The van der Waals surface area contributed by atoms with Crippen LogP contribution in [0.3, 0.4) is 0 Å². The summed E-state index contributed by atoms with van der Waals surface area (Å²) >= 11 is 0. The number of benzene rings is 2. The number of carbonyl (C=O) groups excluding carboxylic acids is 2. The smallest absolute Gasteiger partial charge is 0.319 e. The molecule has 2 aromatic carbocycles. The summed E-state index contributed by atoms with van der Waals surface area (Å²) in [6.07, 6.45) is 1.65. The van der Waals surface area contributed by atoms with E-state index in [1.54, 1.807) is 24.3 Å². The Kier molecular flexibility index (Phi) is 9.01. The Morgan fingerprint density at radius 2 is 1.68 bits per heavy atom. The third-order valence-corrected chi connectivity index (χ3v) is 3.95. The van der Waals surface area contributed by atoms with Gasteiger partial charge in [0.25, 0.3) is 5.91 Å². The fourth-order valence-corrected chi connectivity index (χ4v) is 2.55. The molecule has 0 aliphatic carbocycles. The first kappa shape index (κ1) is 21.4. The Bertz CT molecular complexity index is 730. The lowest BCUT2D eigenvalue weighted by Gasteiger charge is -2.10. The van der Waals surface area contributed by atoms with Crippen molar-refractivity contribution >= 4 is 17.6 Å². The molecule has 0 aliphatic heterocycles. The number of carbonyl (C=O) groups is 2. The summed E-state index contributed by atoms with van der Waals surface area (Å²) in [6.45, 7) is 5.63. The van der Waals surface area contributed by atoms with Gasteiger partial charge in [-0.1, -0.05) is 30.3 Å². The number of ether oxygens (including phenoxy) is 1. The molecule has 2 aromatic rings. The summed E-state index contributed by atoms with van der Waals surface area (Å²) in [7, 11) is 0. The Labute approximate surface area is 166 Å². The molecule has 0 atom stereocenters. The Balaban J connectivity index is 1.60. The van der Waals surface area contributed by atoms with Gasteiger partial charge < -0.3 is 20.7 Å². The number of rotatable bonds is 10. The van der Waals surface area contributed by atoms with Crippen molar-refractivity contribution in [3.8, 4) is 0 Å². The van der Waals surface area contributed by atoms with Crippen LogP contribution in [0.1, 0.15) is 36.2 Å². The zero-order chi connectivity index (χ0) is 20.2. The van der Waals surface area contributed by atoms with Gasteiger partial charge in [-0.05, 0) is 56.5 Å². The van der Waals surface area contributed by atoms with Gasteiger partial charge in [0.1, 0.15) is 0 Å². The molecule has 0 unspecified atom stereocenters. The van der Waals surface area contributed by atoms with Crippen molar-refractivity contribution < 1.29 is 14.3 Å². The van der Waals surface area contributed by atoms with E-state index < -0.39 is 0 Å². The highest BCUT2D eigenvalue weighted by Gasteiger charge is 2.07. The third kappa shape index (κ3) is 8.22. The van der Waals surface area contributed by atoms with E-state index in [0.717, 1.165) is 12.8 Å². The molecule has 3 N–H and O–H groups in total. The van der Waals surface area contributed by atoms with Crippen molar-refractivity contribution in [3.63, 3.8) is 0 Å². The van der Waals surface area contributed by atoms with E-state index >= 15 is 0 Å².